The zero-order valence-corrected chi connectivity index (χ0v) is 12.1. The van der Waals surface area contributed by atoms with Gasteiger partial charge in [0.05, 0.1) is 0 Å². The highest BCUT2D eigenvalue weighted by atomic mass is 79.9. The van der Waals surface area contributed by atoms with Crippen LogP contribution in [0.4, 0.5) is 4.39 Å². The van der Waals surface area contributed by atoms with E-state index >= 15 is 0 Å². The summed E-state index contributed by atoms with van der Waals surface area (Å²) < 4.78 is 13.7. The number of likely N-dealkylation sites (tertiary alicyclic amines) is 1. The van der Waals surface area contributed by atoms with Gasteiger partial charge in [-0.1, -0.05) is 40.5 Å². The van der Waals surface area contributed by atoms with Crippen molar-refractivity contribution in [1.29, 1.82) is 0 Å². The molecule has 1 aliphatic heterocycles. The maximum absolute atomic E-state index is 13.7. The van der Waals surface area contributed by atoms with Gasteiger partial charge in [0.25, 0.3) is 0 Å². The third-order valence-electron chi connectivity index (χ3n) is 3.58. The van der Waals surface area contributed by atoms with Crippen LogP contribution in [0.5, 0.6) is 0 Å². The third kappa shape index (κ3) is 2.83. The minimum absolute atomic E-state index is 0.203. The summed E-state index contributed by atoms with van der Waals surface area (Å²) in [6.45, 7) is 3.86. The SMILES string of the molecule is CC1CCN(Cc2c(F)cccc2Cl)C1CBr. The molecule has 1 aromatic rings. The van der Waals surface area contributed by atoms with Crippen LogP contribution in [0.2, 0.25) is 5.02 Å². The number of hydrogen-bond acceptors (Lipinski definition) is 1. The van der Waals surface area contributed by atoms with Gasteiger partial charge in [-0.3, -0.25) is 4.90 Å². The van der Waals surface area contributed by atoms with Gasteiger partial charge in [-0.15, -0.1) is 0 Å². The summed E-state index contributed by atoms with van der Waals surface area (Å²) >= 11 is 9.60. The van der Waals surface area contributed by atoms with Crippen LogP contribution in [-0.2, 0) is 6.54 Å². The molecule has 1 aromatic carbocycles. The van der Waals surface area contributed by atoms with Gasteiger partial charge in [0.15, 0.2) is 0 Å². The van der Waals surface area contributed by atoms with E-state index < -0.39 is 0 Å². The van der Waals surface area contributed by atoms with Crippen molar-refractivity contribution in [3.63, 3.8) is 0 Å². The molecule has 1 aliphatic rings. The van der Waals surface area contributed by atoms with Crippen molar-refractivity contribution in [3.05, 3.63) is 34.6 Å². The largest absolute Gasteiger partial charge is 0.295 e. The highest BCUT2D eigenvalue weighted by Crippen LogP contribution is 2.29. The van der Waals surface area contributed by atoms with Crippen molar-refractivity contribution < 1.29 is 4.39 Å². The Balaban J connectivity index is 2.16. The molecule has 0 saturated carbocycles. The number of rotatable bonds is 3. The Kier molecular flexibility index (Phi) is 4.45. The lowest BCUT2D eigenvalue weighted by Crippen LogP contribution is -2.33. The lowest BCUT2D eigenvalue weighted by molar-refractivity contribution is 0.241. The van der Waals surface area contributed by atoms with Gasteiger partial charge in [0.1, 0.15) is 5.82 Å². The molecule has 17 heavy (non-hydrogen) atoms. The predicted octanol–water partition coefficient (Wildman–Crippen LogP) is 4.08. The van der Waals surface area contributed by atoms with Crippen LogP contribution in [0.15, 0.2) is 18.2 Å². The van der Waals surface area contributed by atoms with Crippen LogP contribution in [-0.4, -0.2) is 22.8 Å². The van der Waals surface area contributed by atoms with E-state index in [1.54, 1.807) is 12.1 Å². The van der Waals surface area contributed by atoms with Gasteiger partial charge in [0.2, 0.25) is 0 Å². The molecule has 0 aliphatic carbocycles. The molecule has 1 nitrogen and oxygen atoms in total. The second-order valence-corrected chi connectivity index (χ2v) is 5.71. The first-order valence-electron chi connectivity index (χ1n) is 5.86. The normalized spacial score (nSPS) is 25.4. The van der Waals surface area contributed by atoms with E-state index in [9.17, 15) is 4.39 Å². The minimum atomic E-state index is -0.203. The lowest BCUT2D eigenvalue weighted by Gasteiger charge is -2.25. The van der Waals surface area contributed by atoms with E-state index in [4.69, 9.17) is 11.6 Å². The van der Waals surface area contributed by atoms with E-state index in [2.05, 4.69) is 27.8 Å². The summed E-state index contributed by atoms with van der Waals surface area (Å²) in [6, 6.07) is 5.35. The maximum atomic E-state index is 13.7. The van der Waals surface area contributed by atoms with Crippen molar-refractivity contribution in [2.75, 3.05) is 11.9 Å². The van der Waals surface area contributed by atoms with E-state index in [1.807, 2.05) is 0 Å². The zero-order chi connectivity index (χ0) is 12.4. The smallest absolute Gasteiger partial charge is 0.129 e. The zero-order valence-electron chi connectivity index (χ0n) is 9.80. The Morgan fingerprint density at radius 3 is 2.94 bits per heavy atom. The van der Waals surface area contributed by atoms with Crippen molar-refractivity contribution in [2.24, 2.45) is 5.92 Å². The molecule has 2 unspecified atom stereocenters. The molecule has 94 valence electrons. The van der Waals surface area contributed by atoms with Crippen molar-refractivity contribution in [2.45, 2.75) is 25.9 Å². The van der Waals surface area contributed by atoms with Gasteiger partial charge in [0, 0.05) is 28.5 Å². The molecular formula is C13H16BrClFN. The van der Waals surface area contributed by atoms with Gasteiger partial charge >= 0.3 is 0 Å². The van der Waals surface area contributed by atoms with Gasteiger partial charge in [-0.25, -0.2) is 4.39 Å². The summed E-state index contributed by atoms with van der Waals surface area (Å²) in [5, 5.41) is 1.46. The van der Waals surface area contributed by atoms with Gasteiger partial charge in [-0.2, -0.15) is 0 Å². The summed E-state index contributed by atoms with van der Waals surface area (Å²) in [7, 11) is 0. The first kappa shape index (κ1) is 13.3. The number of benzene rings is 1. The fourth-order valence-corrected chi connectivity index (χ4v) is 3.69. The highest BCUT2D eigenvalue weighted by Gasteiger charge is 2.30. The molecule has 1 heterocycles. The third-order valence-corrected chi connectivity index (χ3v) is 4.60. The Bertz CT molecular complexity index is 379. The molecule has 0 spiro atoms. The molecule has 2 rings (SSSR count). The Hall–Kier alpha value is -0.120. The molecule has 0 N–H and O–H groups in total. The molecular weight excluding hydrogens is 305 g/mol. The Labute approximate surface area is 115 Å². The standard InChI is InChI=1S/C13H16BrClFN/c1-9-5-6-17(13(9)7-14)8-10-11(15)3-2-4-12(10)16/h2-4,9,13H,5-8H2,1H3. The molecule has 0 bridgehead atoms. The maximum Gasteiger partial charge on any atom is 0.129 e. The van der Waals surface area contributed by atoms with Crippen LogP contribution >= 0.6 is 27.5 Å². The predicted molar refractivity (Wildman–Crippen MR) is 73.2 cm³/mol. The molecule has 1 saturated heterocycles. The van der Waals surface area contributed by atoms with E-state index in [0.717, 1.165) is 11.9 Å². The van der Waals surface area contributed by atoms with Gasteiger partial charge < -0.3 is 0 Å². The highest BCUT2D eigenvalue weighted by molar-refractivity contribution is 9.09. The molecule has 0 amide bonds. The Morgan fingerprint density at radius 2 is 2.29 bits per heavy atom. The quantitative estimate of drug-likeness (QED) is 0.758. The number of alkyl halides is 1. The van der Waals surface area contributed by atoms with Crippen molar-refractivity contribution in [3.8, 4) is 0 Å². The number of nitrogens with zero attached hydrogens (tertiary/aromatic N) is 1. The first-order valence-corrected chi connectivity index (χ1v) is 7.36. The second kappa shape index (κ2) is 5.68. The molecule has 1 fully saturated rings. The number of halogens is 3. The summed E-state index contributed by atoms with van der Waals surface area (Å²) in [4.78, 5) is 2.31. The van der Waals surface area contributed by atoms with Crippen LogP contribution in [0.25, 0.3) is 0 Å². The van der Waals surface area contributed by atoms with Crippen LogP contribution in [0, 0.1) is 11.7 Å². The topological polar surface area (TPSA) is 3.24 Å². The van der Waals surface area contributed by atoms with E-state index in [-0.39, 0.29) is 5.82 Å². The second-order valence-electron chi connectivity index (χ2n) is 4.66. The average Bonchev–Trinajstić information content (AvgIpc) is 2.64. The molecule has 4 heteroatoms. The minimum Gasteiger partial charge on any atom is -0.295 e. The first-order chi connectivity index (χ1) is 8.13. The molecule has 0 radical (unpaired) electrons. The molecule has 2 atom stereocenters. The number of hydrogen-bond donors (Lipinski definition) is 0. The van der Waals surface area contributed by atoms with Crippen LogP contribution in [0.1, 0.15) is 18.9 Å². The fourth-order valence-electron chi connectivity index (χ4n) is 2.42. The van der Waals surface area contributed by atoms with Crippen molar-refractivity contribution in [1.82, 2.24) is 4.90 Å². The van der Waals surface area contributed by atoms with Crippen LogP contribution < -0.4 is 0 Å². The summed E-state index contributed by atoms with van der Waals surface area (Å²) in [5.41, 5.74) is 0.620. The molecule has 0 aromatic heterocycles. The van der Waals surface area contributed by atoms with Crippen LogP contribution in [0.3, 0.4) is 0 Å². The Morgan fingerprint density at radius 1 is 1.53 bits per heavy atom. The summed E-state index contributed by atoms with van der Waals surface area (Å²) in [6.07, 6.45) is 1.17. The van der Waals surface area contributed by atoms with E-state index in [1.165, 1.54) is 12.5 Å². The van der Waals surface area contributed by atoms with Gasteiger partial charge in [-0.05, 0) is 31.0 Å². The summed E-state index contributed by atoms with van der Waals surface area (Å²) in [5.74, 6) is 0.449. The lowest BCUT2D eigenvalue weighted by atomic mass is 10.0. The fraction of sp³-hybridized carbons (Fsp3) is 0.538. The average molecular weight is 321 g/mol. The van der Waals surface area contributed by atoms with Crippen molar-refractivity contribution >= 4 is 27.5 Å². The monoisotopic (exact) mass is 319 g/mol. The van der Waals surface area contributed by atoms with E-state index in [0.29, 0.717) is 29.1 Å².